The Hall–Kier alpha value is -0.610. The third kappa shape index (κ3) is 3.01. The second-order valence-electron chi connectivity index (χ2n) is 6.24. The molecule has 0 aromatic rings. The second-order valence-corrected chi connectivity index (χ2v) is 6.24. The van der Waals surface area contributed by atoms with Gasteiger partial charge in [-0.2, -0.15) is 0 Å². The fourth-order valence-corrected chi connectivity index (χ4v) is 3.99. The molecular formula is C16H30N2O2. The number of carbonyl (C=O) groups is 1. The molecule has 0 aromatic carbocycles. The van der Waals surface area contributed by atoms with Gasteiger partial charge in [0.15, 0.2) is 0 Å². The Kier molecular flexibility index (Phi) is 5.44. The van der Waals surface area contributed by atoms with E-state index in [4.69, 9.17) is 4.74 Å². The SMILES string of the molecule is CCOC1CC(NC(=O)CC2CCCN2)C1(CC)CC. The van der Waals surface area contributed by atoms with Crippen molar-refractivity contribution in [3.05, 3.63) is 0 Å². The van der Waals surface area contributed by atoms with Gasteiger partial charge in [0.25, 0.3) is 0 Å². The Morgan fingerprint density at radius 1 is 1.35 bits per heavy atom. The van der Waals surface area contributed by atoms with Crippen molar-refractivity contribution in [3.8, 4) is 0 Å². The van der Waals surface area contributed by atoms with Gasteiger partial charge in [-0.1, -0.05) is 13.8 Å². The van der Waals surface area contributed by atoms with E-state index in [1.807, 2.05) is 6.92 Å². The van der Waals surface area contributed by atoms with Gasteiger partial charge in [-0.3, -0.25) is 4.79 Å². The van der Waals surface area contributed by atoms with Gasteiger partial charge in [0.2, 0.25) is 5.91 Å². The minimum atomic E-state index is 0.148. The molecule has 1 heterocycles. The number of ether oxygens (including phenoxy) is 1. The maximum absolute atomic E-state index is 12.2. The van der Waals surface area contributed by atoms with Crippen LogP contribution in [-0.4, -0.2) is 37.2 Å². The predicted octanol–water partition coefficient (Wildman–Crippen LogP) is 2.23. The normalized spacial score (nSPS) is 31.9. The molecule has 2 rings (SSSR count). The molecular weight excluding hydrogens is 252 g/mol. The zero-order valence-corrected chi connectivity index (χ0v) is 13.2. The van der Waals surface area contributed by atoms with Gasteiger partial charge in [-0.05, 0) is 45.6 Å². The summed E-state index contributed by atoms with van der Waals surface area (Å²) in [5, 5.41) is 6.65. The van der Waals surface area contributed by atoms with Crippen LogP contribution in [0.5, 0.6) is 0 Å². The molecule has 20 heavy (non-hydrogen) atoms. The van der Waals surface area contributed by atoms with Crippen molar-refractivity contribution in [2.24, 2.45) is 5.41 Å². The largest absolute Gasteiger partial charge is 0.378 e. The molecule has 2 aliphatic rings. The first kappa shape index (κ1) is 15.8. The lowest BCUT2D eigenvalue weighted by molar-refractivity contribution is -0.148. The molecule has 1 aliphatic heterocycles. The number of hydrogen-bond donors (Lipinski definition) is 2. The third-order valence-corrected chi connectivity index (χ3v) is 5.40. The van der Waals surface area contributed by atoms with Crippen LogP contribution < -0.4 is 10.6 Å². The van der Waals surface area contributed by atoms with E-state index in [-0.39, 0.29) is 11.3 Å². The van der Waals surface area contributed by atoms with Crippen LogP contribution in [-0.2, 0) is 9.53 Å². The van der Waals surface area contributed by atoms with Gasteiger partial charge in [0, 0.05) is 30.5 Å². The Balaban J connectivity index is 1.86. The van der Waals surface area contributed by atoms with E-state index in [0.717, 1.165) is 38.8 Å². The quantitative estimate of drug-likeness (QED) is 0.753. The molecule has 2 N–H and O–H groups in total. The van der Waals surface area contributed by atoms with Gasteiger partial charge in [0.1, 0.15) is 0 Å². The van der Waals surface area contributed by atoms with Crippen LogP contribution in [0.2, 0.25) is 0 Å². The summed E-state index contributed by atoms with van der Waals surface area (Å²) in [5.74, 6) is 0.204. The van der Waals surface area contributed by atoms with E-state index in [1.54, 1.807) is 0 Å². The molecule has 1 saturated heterocycles. The van der Waals surface area contributed by atoms with E-state index >= 15 is 0 Å². The van der Waals surface area contributed by atoms with Gasteiger partial charge in [0.05, 0.1) is 6.10 Å². The lowest BCUT2D eigenvalue weighted by Crippen LogP contribution is -2.64. The number of rotatable bonds is 7. The molecule has 0 bridgehead atoms. The van der Waals surface area contributed by atoms with Crippen molar-refractivity contribution in [1.82, 2.24) is 10.6 Å². The first-order chi connectivity index (χ1) is 9.66. The van der Waals surface area contributed by atoms with Gasteiger partial charge in [-0.15, -0.1) is 0 Å². The summed E-state index contributed by atoms with van der Waals surface area (Å²) in [5.41, 5.74) is 0.148. The third-order valence-electron chi connectivity index (χ3n) is 5.40. The smallest absolute Gasteiger partial charge is 0.221 e. The molecule has 0 radical (unpaired) electrons. The topological polar surface area (TPSA) is 50.4 Å². The molecule has 1 aliphatic carbocycles. The number of carbonyl (C=O) groups excluding carboxylic acids is 1. The second kappa shape index (κ2) is 6.90. The monoisotopic (exact) mass is 282 g/mol. The van der Waals surface area contributed by atoms with Crippen molar-refractivity contribution in [3.63, 3.8) is 0 Å². The average Bonchev–Trinajstić information content (AvgIpc) is 2.92. The maximum Gasteiger partial charge on any atom is 0.221 e. The van der Waals surface area contributed by atoms with Crippen LogP contribution in [0.4, 0.5) is 0 Å². The molecule has 3 unspecified atom stereocenters. The van der Waals surface area contributed by atoms with Gasteiger partial charge in [-0.25, -0.2) is 0 Å². The minimum absolute atomic E-state index is 0.148. The van der Waals surface area contributed by atoms with Crippen LogP contribution in [0.15, 0.2) is 0 Å². The van der Waals surface area contributed by atoms with Gasteiger partial charge < -0.3 is 15.4 Å². The summed E-state index contributed by atoms with van der Waals surface area (Å²) >= 11 is 0. The molecule has 2 fully saturated rings. The highest BCUT2D eigenvalue weighted by Gasteiger charge is 2.53. The van der Waals surface area contributed by atoms with Crippen LogP contribution >= 0.6 is 0 Å². The van der Waals surface area contributed by atoms with Crippen molar-refractivity contribution in [1.29, 1.82) is 0 Å². The van der Waals surface area contributed by atoms with Crippen LogP contribution in [0.3, 0.4) is 0 Å². The van der Waals surface area contributed by atoms with E-state index in [0.29, 0.717) is 24.6 Å². The fraction of sp³-hybridized carbons (Fsp3) is 0.938. The van der Waals surface area contributed by atoms with Crippen LogP contribution in [0, 0.1) is 5.41 Å². The molecule has 116 valence electrons. The first-order valence-electron chi connectivity index (χ1n) is 8.30. The van der Waals surface area contributed by atoms with Crippen molar-refractivity contribution < 1.29 is 9.53 Å². The van der Waals surface area contributed by atoms with Crippen LogP contribution in [0.25, 0.3) is 0 Å². The minimum Gasteiger partial charge on any atom is -0.378 e. The molecule has 0 spiro atoms. The highest BCUT2D eigenvalue weighted by molar-refractivity contribution is 5.77. The van der Waals surface area contributed by atoms with Crippen molar-refractivity contribution in [2.45, 2.75) is 77.5 Å². The summed E-state index contributed by atoms with van der Waals surface area (Å²) in [7, 11) is 0. The number of amides is 1. The average molecular weight is 282 g/mol. The Bertz CT molecular complexity index is 322. The molecule has 1 amide bonds. The summed E-state index contributed by atoms with van der Waals surface area (Å²) in [6.45, 7) is 8.30. The lowest BCUT2D eigenvalue weighted by Gasteiger charge is -2.55. The molecule has 1 saturated carbocycles. The summed E-state index contributed by atoms with van der Waals surface area (Å²) in [6, 6.07) is 0.679. The summed E-state index contributed by atoms with van der Waals surface area (Å²) < 4.78 is 5.86. The first-order valence-corrected chi connectivity index (χ1v) is 8.30. The predicted molar refractivity (Wildman–Crippen MR) is 80.6 cm³/mol. The van der Waals surface area contributed by atoms with Crippen molar-refractivity contribution in [2.75, 3.05) is 13.2 Å². The highest BCUT2D eigenvalue weighted by atomic mass is 16.5. The zero-order valence-electron chi connectivity index (χ0n) is 13.2. The highest BCUT2D eigenvalue weighted by Crippen LogP contribution is 2.48. The summed E-state index contributed by atoms with van der Waals surface area (Å²) in [6.07, 6.45) is 6.38. The van der Waals surface area contributed by atoms with E-state index in [1.165, 1.54) is 6.42 Å². The lowest BCUT2D eigenvalue weighted by atomic mass is 9.58. The fourth-order valence-electron chi connectivity index (χ4n) is 3.99. The molecule has 4 heteroatoms. The van der Waals surface area contributed by atoms with Crippen molar-refractivity contribution >= 4 is 5.91 Å². The van der Waals surface area contributed by atoms with E-state index < -0.39 is 0 Å². The van der Waals surface area contributed by atoms with E-state index in [2.05, 4.69) is 24.5 Å². The number of nitrogens with one attached hydrogen (secondary N) is 2. The Labute approximate surface area is 123 Å². The van der Waals surface area contributed by atoms with E-state index in [9.17, 15) is 4.79 Å². The Morgan fingerprint density at radius 2 is 2.10 bits per heavy atom. The Morgan fingerprint density at radius 3 is 2.65 bits per heavy atom. The standard InChI is InChI=1S/C16H30N2O2/c1-4-16(5-2)13(11-14(16)20-6-3)18-15(19)10-12-8-7-9-17-12/h12-14,17H,4-11H2,1-3H3,(H,18,19). The molecule has 4 nitrogen and oxygen atoms in total. The van der Waals surface area contributed by atoms with Gasteiger partial charge >= 0.3 is 0 Å². The molecule has 3 atom stereocenters. The van der Waals surface area contributed by atoms with Crippen LogP contribution in [0.1, 0.15) is 59.3 Å². The zero-order chi connectivity index (χ0) is 14.6. The molecule has 0 aromatic heterocycles. The summed E-state index contributed by atoms with van der Waals surface area (Å²) in [4.78, 5) is 12.2. The maximum atomic E-state index is 12.2. The number of hydrogen-bond acceptors (Lipinski definition) is 3.